The van der Waals surface area contributed by atoms with Gasteiger partial charge in [-0.3, -0.25) is 4.79 Å². The van der Waals surface area contributed by atoms with Crippen LogP contribution < -0.4 is 4.90 Å². The Kier molecular flexibility index (Phi) is 4.88. The quantitative estimate of drug-likeness (QED) is 0.726. The number of aromatic nitrogens is 1. The molecule has 134 valence electrons. The molecule has 2 aromatic rings. The topological polar surface area (TPSA) is 36.4 Å². The minimum absolute atomic E-state index is 0.0298. The number of thiazole rings is 1. The van der Waals surface area contributed by atoms with Crippen LogP contribution in [-0.4, -0.2) is 42.0 Å². The van der Waals surface area contributed by atoms with Crippen molar-refractivity contribution in [1.29, 1.82) is 0 Å². The molecule has 0 spiro atoms. The number of hydrogen-bond acceptors (Lipinski definition) is 4. The van der Waals surface area contributed by atoms with Crippen molar-refractivity contribution in [1.82, 2.24) is 9.88 Å². The molecule has 0 bridgehead atoms. The molecule has 0 saturated carbocycles. The summed E-state index contributed by atoms with van der Waals surface area (Å²) < 4.78 is 51.0. The largest absolute Gasteiger partial charge is 0.427 e. The van der Waals surface area contributed by atoms with E-state index in [9.17, 15) is 22.4 Å². The van der Waals surface area contributed by atoms with Crippen LogP contribution in [0.25, 0.3) is 0 Å². The molecule has 1 fully saturated rings. The van der Waals surface area contributed by atoms with E-state index in [2.05, 4.69) is 4.98 Å². The predicted molar refractivity (Wildman–Crippen MR) is 86.6 cm³/mol. The van der Waals surface area contributed by atoms with E-state index in [-0.39, 0.29) is 21.6 Å². The van der Waals surface area contributed by atoms with Gasteiger partial charge in [0.1, 0.15) is 10.7 Å². The third-order valence-electron chi connectivity index (χ3n) is 3.77. The fourth-order valence-corrected chi connectivity index (χ4v) is 3.56. The van der Waals surface area contributed by atoms with Crippen molar-refractivity contribution < 1.29 is 22.4 Å². The number of nitrogens with zero attached hydrogens (tertiary/aromatic N) is 3. The number of benzene rings is 1. The lowest BCUT2D eigenvalue weighted by molar-refractivity contribution is -0.134. The van der Waals surface area contributed by atoms with Gasteiger partial charge in [-0.15, -0.1) is 0 Å². The Morgan fingerprint density at radius 1 is 1.20 bits per heavy atom. The smallest absolute Gasteiger partial charge is 0.345 e. The summed E-state index contributed by atoms with van der Waals surface area (Å²) in [5.74, 6) is -0.865. The highest BCUT2D eigenvalue weighted by Crippen LogP contribution is 2.36. The highest BCUT2D eigenvalue weighted by Gasteiger charge is 2.34. The summed E-state index contributed by atoms with van der Waals surface area (Å²) >= 11 is 6.48. The molecular weight excluding hydrogens is 382 g/mol. The summed E-state index contributed by atoms with van der Waals surface area (Å²) in [6, 6.07) is 3.55. The zero-order valence-corrected chi connectivity index (χ0v) is 14.3. The van der Waals surface area contributed by atoms with Crippen molar-refractivity contribution >= 4 is 34.0 Å². The van der Waals surface area contributed by atoms with Crippen molar-refractivity contribution in [3.63, 3.8) is 0 Å². The van der Waals surface area contributed by atoms with Gasteiger partial charge in [0.25, 0.3) is 5.91 Å². The molecule has 0 atom stereocenters. The molecule has 10 heteroatoms. The molecule has 3 rings (SSSR count). The van der Waals surface area contributed by atoms with Gasteiger partial charge >= 0.3 is 6.18 Å². The molecule has 4 nitrogen and oxygen atoms in total. The Morgan fingerprint density at radius 2 is 1.88 bits per heavy atom. The summed E-state index contributed by atoms with van der Waals surface area (Å²) in [5, 5.41) is 0.307. The second kappa shape index (κ2) is 6.80. The predicted octanol–water partition coefficient (Wildman–Crippen LogP) is 3.92. The maximum Gasteiger partial charge on any atom is 0.427 e. The molecule has 2 heterocycles. The van der Waals surface area contributed by atoms with Gasteiger partial charge < -0.3 is 9.80 Å². The molecule has 0 N–H and O–H groups in total. The summed E-state index contributed by atoms with van der Waals surface area (Å²) in [5.41, 5.74) is 0.199. The van der Waals surface area contributed by atoms with Gasteiger partial charge in [-0.2, -0.15) is 13.2 Å². The van der Waals surface area contributed by atoms with Gasteiger partial charge in [0, 0.05) is 26.2 Å². The fourth-order valence-electron chi connectivity index (χ4n) is 2.48. The number of hydrogen-bond donors (Lipinski definition) is 0. The van der Waals surface area contributed by atoms with Crippen LogP contribution >= 0.6 is 22.9 Å². The normalized spacial score (nSPS) is 15.6. The van der Waals surface area contributed by atoms with E-state index < -0.39 is 16.9 Å². The summed E-state index contributed by atoms with van der Waals surface area (Å²) in [4.78, 5) is 18.8. The lowest BCUT2D eigenvalue weighted by atomic mass is 10.1. The van der Waals surface area contributed by atoms with Crippen LogP contribution in [0, 0.1) is 5.82 Å². The van der Waals surface area contributed by atoms with Crippen LogP contribution in [0.2, 0.25) is 5.02 Å². The molecule has 0 unspecified atom stereocenters. The highest BCUT2D eigenvalue weighted by molar-refractivity contribution is 7.15. The molecule has 0 radical (unpaired) electrons. The van der Waals surface area contributed by atoms with Crippen molar-refractivity contribution in [2.24, 2.45) is 0 Å². The van der Waals surface area contributed by atoms with Crippen molar-refractivity contribution in [3.05, 3.63) is 45.7 Å². The lowest BCUT2D eigenvalue weighted by Gasteiger charge is -2.34. The highest BCUT2D eigenvalue weighted by atomic mass is 35.5. The zero-order valence-electron chi connectivity index (χ0n) is 12.7. The average Bonchev–Trinajstić information content (AvgIpc) is 3.05. The maximum atomic E-state index is 13.1. The van der Waals surface area contributed by atoms with Gasteiger partial charge in [0.2, 0.25) is 0 Å². The second-order valence-electron chi connectivity index (χ2n) is 5.41. The van der Waals surface area contributed by atoms with Gasteiger partial charge in [-0.1, -0.05) is 22.9 Å². The number of halogens is 5. The monoisotopic (exact) mass is 393 g/mol. The maximum absolute atomic E-state index is 13.1. The van der Waals surface area contributed by atoms with Gasteiger partial charge in [-0.25, -0.2) is 9.37 Å². The molecule has 0 aliphatic carbocycles. The van der Waals surface area contributed by atoms with E-state index >= 15 is 0 Å². The summed E-state index contributed by atoms with van der Waals surface area (Å²) in [7, 11) is 0. The van der Waals surface area contributed by atoms with Crippen LogP contribution in [0.3, 0.4) is 0 Å². The Morgan fingerprint density at radius 3 is 2.44 bits per heavy atom. The SMILES string of the molecule is O=C(c1ccc(F)cc1Cl)N1CCN(c2ncc(C(F)(F)F)s2)CC1. The molecule has 1 amide bonds. The number of alkyl halides is 3. The molecule has 1 aromatic heterocycles. The number of anilines is 1. The first-order valence-corrected chi connectivity index (χ1v) is 8.47. The van der Waals surface area contributed by atoms with Crippen LogP contribution in [0.1, 0.15) is 15.2 Å². The number of amides is 1. The number of piperazine rings is 1. The van der Waals surface area contributed by atoms with E-state index in [1.807, 2.05) is 0 Å². The van der Waals surface area contributed by atoms with E-state index in [0.29, 0.717) is 37.5 Å². The lowest BCUT2D eigenvalue weighted by Crippen LogP contribution is -2.48. The molecule has 1 aromatic carbocycles. The van der Waals surface area contributed by atoms with Crippen LogP contribution in [0.15, 0.2) is 24.4 Å². The Balaban J connectivity index is 1.65. The fraction of sp³-hybridized carbons (Fsp3) is 0.333. The molecule has 1 aliphatic heterocycles. The second-order valence-corrected chi connectivity index (χ2v) is 6.82. The van der Waals surface area contributed by atoms with Gasteiger partial charge in [0.15, 0.2) is 5.13 Å². The molecule has 25 heavy (non-hydrogen) atoms. The average molecular weight is 394 g/mol. The molecular formula is C15H12ClF4N3OS. The molecule has 1 saturated heterocycles. The van der Waals surface area contributed by atoms with Gasteiger partial charge in [0.05, 0.1) is 16.8 Å². The van der Waals surface area contributed by atoms with Crippen molar-refractivity contribution in [2.45, 2.75) is 6.18 Å². The van der Waals surface area contributed by atoms with Gasteiger partial charge in [-0.05, 0) is 18.2 Å². The number of rotatable bonds is 2. The number of carbonyl (C=O) groups is 1. The molecule has 1 aliphatic rings. The van der Waals surface area contributed by atoms with Crippen LogP contribution in [-0.2, 0) is 6.18 Å². The minimum Gasteiger partial charge on any atom is -0.345 e. The summed E-state index contributed by atoms with van der Waals surface area (Å²) in [6.07, 6.45) is -3.59. The Bertz CT molecular complexity index is 787. The van der Waals surface area contributed by atoms with Crippen LogP contribution in [0.4, 0.5) is 22.7 Å². The first-order chi connectivity index (χ1) is 11.8. The Hall–Kier alpha value is -1.87. The standard InChI is InChI=1S/C15H12ClF4N3OS/c16-11-7-9(17)1-2-10(11)13(24)22-3-5-23(6-4-22)14-21-8-12(25-14)15(18,19)20/h1-2,7-8H,3-6H2. The third-order valence-corrected chi connectivity index (χ3v) is 5.19. The third kappa shape index (κ3) is 3.87. The van der Waals surface area contributed by atoms with E-state index in [1.54, 1.807) is 4.90 Å². The number of carbonyl (C=O) groups excluding carboxylic acids is 1. The summed E-state index contributed by atoms with van der Waals surface area (Å²) in [6.45, 7) is 1.34. The van der Waals surface area contributed by atoms with Crippen LogP contribution in [0.5, 0.6) is 0 Å². The van der Waals surface area contributed by atoms with E-state index in [0.717, 1.165) is 18.3 Å². The van der Waals surface area contributed by atoms with E-state index in [1.165, 1.54) is 11.0 Å². The van der Waals surface area contributed by atoms with Crippen molar-refractivity contribution in [3.8, 4) is 0 Å². The van der Waals surface area contributed by atoms with E-state index in [4.69, 9.17) is 11.6 Å². The van der Waals surface area contributed by atoms with Crippen molar-refractivity contribution in [2.75, 3.05) is 31.1 Å². The first kappa shape index (κ1) is 17.9. The zero-order chi connectivity index (χ0) is 18.2. The first-order valence-electron chi connectivity index (χ1n) is 7.28. The Labute approximate surface area is 149 Å². The minimum atomic E-state index is -4.41.